The summed E-state index contributed by atoms with van der Waals surface area (Å²) in [5, 5.41) is 14.3. The van der Waals surface area contributed by atoms with Gasteiger partial charge in [0.05, 0.1) is 0 Å². The van der Waals surface area contributed by atoms with Crippen LogP contribution in [0.5, 0.6) is 6.01 Å². The van der Waals surface area contributed by atoms with E-state index in [4.69, 9.17) is 4.74 Å². The Bertz CT molecular complexity index is 416. The first kappa shape index (κ1) is 8.63. The number of hydrogen-bond donors (Lipinski definition) is 0. The Kier molecular flexibility index (Phi) is 1.68. The minimum atomic E-state index is -0.591. The van der Waals surface area contributed by atoms with E-state index >= 15 is 0 Å². The van der Waals surface area contributed by atoms with Crippen molar-refractivity contribution < 1.29 is 9.66 Å². The van der Waals surface area contributed by atoms with Crippen LogP contribution >= 0.6 is 0 Å². The van der Waals surface area contributed by atoms with Crippen molar-refractivity contribution in [2.45, 2.75) is 37.8 Å². The number of rotatable bonds is 1. The molecule has 0 N–H and O–H groups in total. The summed E-state index contributed by atoms with van der Waals surface area (Å²) in [5.74, 6) is -0.367. The van der Waals surface area contributed by atoms with Crippen LogP contribution in [0.25, 0.3) is 0 Å². The van der Waals surface area contributed by atoms with E-state index in [2.05, 4.69) is 10.1 Å². The van der Waals surface area contributed by atoms with Crippen LogP contribution in [-0.4, -0.2) is 25.8 Å². The molecular formula is C8H10N4O3. The normalized spacial score (nSPS) is 28.0. The Morgan fingerprint density at radius 3 is 3.07 bits per heavy atom. The number of aromatic nitrogens is 3. The van der Waals surface area contributed by atoms with Gasteiger partial charge >= 0.3 is 12.0 Å². The Balaban J connectivity index is 1.96. The first-order valence-electron chi connectivity index (χ1n) is 5.03. The van der Waals surface area contributed by atoms with Crippen molar-refractivity contribution in [3.05, 3.63) is 10.1 Å². The van der Waals surface area contributed by atoms with Gasteiger partial charge < -0.3 is 14.9 Å². The van der Waals surface area contributed by atoms with Crippen molar-refractivity contribution in [1.29, 1.82) is 0 Å². The molecule has 2 heterocycles. The van der Waals surface area contributed by atoms with Gasteiger partial charge in [-0.2, -0.15) is 0 Å². The van der Waals surface area contributed by atoms with Crippen molar-refractivity contribution in [2.75, 3.05) is 0 Å². The predicted molar refractivity (Wildman–Crippen MR) is 48.6 cm³/mol. The molecule has 0 aromatic carbocycles. The molecule has 80 valence electrons. The third-order valence-corrected chi connectivity index (χ3v) is 2.99. The average molecular weight is 210 g/mol. The second-order valence-corrected chi connectivity index (χ2v) is 3.90. The SMILES string of the molecule is O=[N+]([O-])c1nc2n(n1)[C@@H]1CCCC[C@H]1O2. The van der Waals surface area contributed by atoms with E-state index in [1.165, 1.54) is 0 Å². The summed E-state index contributed by atoms with van der Waals surface area (Å²) < 4.78 is 7.10. The summed E-state index contributed by atoms with van der Waals surface area (Å²) in [4.78, 5) is 13.6. The molecule has 0 saturated heterocycles. The molecule has 1 fully saturated rings. The van der Waals surface area contributed by atoms with E-state index in [-0.39, 0.29) is 18.1 Å². The van der Waals surface area contributed by atoms with Gasteiger partial charge in [-0.15, -0.1) is 4.68 Å². The largest absolute Gasteiger partial charge is 0.494 e. The molecule has 1 saturated carbocycles. The maximum absolute atomic E-state index is 10.5. The van der Waals surface area contributed by atoms with E-state index in [0.29, 0.717) is 6.01 Å². The van der Waals surface area contributed by atoms with Crippen molar-refractivity contribution in [3.8, 4) is 6.01 Å². The first-order valence-corrected chi connectivity index (χ1v) is 5.03. The van der Waals surface area contributed by atoms with E-state index in [1.807, 2.05) is 0 Å². The van der Waals surface area contributed by atoms with E-state index in [9.17, 15) is 10.1 Å². The fourth-order valence-corrected chi connectivity index (χ4v) is 2.30. The van der Waals surface area contributed by atoms with Crippen molar-refractivity contribution >= 4 is 5.95 Å². The fraction of sp³-hybridized carbons (Fsp3) is 0.750. The lowest BCUT2D eigenvalue weighted by molar-refractivity contribution is -0.394. The lowest BCUT2D eigenvalue weighted by Crippen LogP contribution is -2.25. The number of nitro groups is 1. The zero-order valence-electron chi connectivity index (χ0n) is 8.00. The molecule has 0 amide bonds. The average Bonchev–Trinajstić information content (AvgIpc) is 2.73. The van der Waals surface area contributed by atoms with Crippen LogP contribution < -0.4 is 4.74 Å². The monoisotopic (exact) mass is 210 g/mol. The second kappa shape index (κ2) is 2.91. The van der Waals surface area contributed by atoms with Crippen LogP contribution in [0.3, 0.4) is 0 Å². The third-order valence-electron chi connectivity index (χ3n) is 2.99. The van der Waals surface area contributed by atoms with Crippen LogP contribution in [0.4, 0.5) is 5.95 Å². The highest BCUT2D eigenvalue weighted by Crippen LogP contribution is 2.39. The van der Waals surface area contributed by atoms with Gasteiger partial charge in [0.15, 0.2) is 0 Å². The zero-order valence-corrected chi connectivity index (χ0v) is 8.00. The number of ether oxygens (including phenoxy) is 1. The molecule has 2 atom stereocenters. The first-order chi connectivity index (χ1) is 7.25. The topological polar surface area (TPSA) is 83.1 Å². The van der Waals surface area contributed by atoms with Crippen LogP contribution in [0.15, 0.2) is 0 Å². The zero-order chi connectivity index (χ0) is 10.4. The molecule has 0 bridgehead atoms. The number of hydrogen-bond acceptors (Lipinski definition) is 5. The fourth-order valence-electron chi connectivity index (χ4n) is 2.30. The summed E-state index contributed by atoms with van der Waals surface area (Å²) in [7, 11) is 0. The summed E-state index contributed by atoms with van der Waals surface area (Å²) in [6.45, 7) is 0. The third kappa shape index (κ3) is 1.19. The maximum atomic E-state index is 10.5. The van der Waals surface area contributed by atoms with Crippen LogP contribution in [-0.2, 0) is 0 Å². The summed E-state index contributed by atoms with van der Waals surface area (Å²) in [6, 6.07) is 0.452. The Morgan fingerprint density at radius 1 is 1.47 bits per heavy atom. The van der Waals surface area contributed by atoms with Gasteiger partial charge in [-0.1, -0.05) is 6.42 Å². The molecule has 1 aromatic rings. The molecule has 7 nitrogen and oxygen atoms in total. The van der Waals surface area contributed by atoms with E-state index in [0.717, 1.165) is 25.7 Å². The minimum absolute atomic E-state index is 0.120. The summed E-state index contributed by atoms with van der Waals surface area (Å²) >= 11 is 0. The second-order valence-electron chi connectivity index (χ2n) is 3.90. The number of nitrogens with zero attached hydrogens (tertiary/aromatic N) is 4. The van der Waals surface area contributed by atoms with Crippen LogP contribution in [0, 0.1) is 10.1 Å². The highest BCUT2D eigenvalue weighted by Gasteiger charge is 2.43. The van der Waals surface area contributed by atoms with Crippen LogP contribution in [0.1, 0.15) is 31.7 Å². The number of fused-ring (bicyclic) bond motifs is 3. The Morgan fingerprint density at radius 2 is 2.27 bits per heavy atom. The lowest BCUT2D eigenvalue weighted by Gasteiger charge is -2.21. The molecule has 0 radical (unpaired) electrons. The van der Waals surface area contributed by atoms with E-state index in [1.54, 1.807) is 4.68 Å². The summed E-state index contributed by atoms with van der Waals surface area (Å²) in [6.07, 6.45) is 4.35. The minimum Gasteiger partial charge on any atom is -0.445 e. The molecule has 2 aliphatic rings. The molecule has 0 unspecified atom stereocenters. The molecule has 1 aromatic heterocycles. The van der Waals surface area contributed by atoms with Crippen LogP contribution in [0.2, 0.25) is 0 Å². The van der Waals surface area contributed by atoms with Gasteiger partial charge in [-0.05, 0) is 29.2 Å². The quantitative estimate of drug-likeness (QED) is 0.511. The molecule has 3 rings (SSSR count). The molecule has 1 aliphatic carbocycles. The molecule has 7 heteroatoms. The molecule has 15 heavy (non-hydrogen) atoms. The van der Waals surface area contributed by atoms with Gasteiger partial charge in [0.2, 0.25) is 0 Å². The van der Waals surface area contributed by atoms with E-state index < -0.39 is 4.92 Å². The van der Waals surface area contributed by atoms with Crippen molar-refractivity contribution in [3.63, 3.8) is 0 Å². The van der Waals surface area contributed by atoms with Gasteiger partial charge in [-0.3, -0.25) is 0 Å². The Hall–Kier alpha value is -1.66. The molecular weight excluding hydrogens is 200 g/mol. The van der Waals surface area contributed by atoms with Crippen molar-refractivity contribution in [1.82, 2.24) is 14.8 Å². The van der Waals surface area contributed by atoms with Crippen molar-refractivity contribution in [2.24, 2.45) is 0 Å². The predicted octanol–water partition coefficient (Wildman–Crippen LogP) is 1.06. The van der Waals surface area contributed by atoms with Gasteiger partial charge in [0, 0.05) is 5.10 Å². The Labute approximate surface area is 85.2 Å². The van der Waals surface area contributed by atoms with Gasteiger partial charge in [-0.25, -0.2) is 0 Å². The smallest absolute Gasteiger partial charge is 0.445 e. The standard InChI is InChI=1S/C8H10N4O3/c13-12(14)7-9-8-11(10-7)5-3-1-2-4-6(5)15-8/h5-6H,1-4H2/t5-,6-/m1/s1. The highest BCUT2D eigenvalue weighted by molar-refractivity contribution is 5.14. The maximum Gasteiger partial charge on any atom is 0.494 e. The summed E-state index contributed by atoms with van der Waals surface area (Å²) in [5.41, 5.74) is 0. The molecule has 1 aliphatic heterocycles. The van der Waals surface area contributed by atoms with Gasteiger partial charge in [0.25, 0.3) is 0 Å². The highest BCUT2D eigenvalue weighted by atomic mass is 16.6. The molecule has 0 spiro atoms. The van der Waals surface area contributed by atoms with Gasteiger partial charge in [0.1, 0.15) is 12.1 Å². The lowest BCUT2D eigenvalue weighted by atomic mass is 9.93.